The fraction of sp³-hybridized carbons (Fsp3) is 0.714. The SMILES string of the molecule is Cc1cn(C(C)(C)C)nn1. The molecule has 1 aromatic heterocycles. The molecule has 0 saturated heterocycles. The highest BCUT2D eigenvalue weighted by Crippen LogP contribution is 2.10. The van der Waals surface area contributed by atoms with E-state index in [1.54, 1.807) is 0 Å². The molecule has 0 atom stereocenters. The van der Waals surface area contributed by atoms with Crippen LogP contribution in [-0.4, -0.2) is 15.0 Å². The first-order valence-electron chi connectivity index (χ1n) is 3.39. The normalized spacial score (nSPS) is 12.0. The molecule has 0 aliphatic rings. The quantitative estimate of drug-likeness (QED) is 0.543. The molecule has 0 spiro atoms. The van der Waals surface area contributed by atoms with Gasteiger partial charge in [0.2, 0.25) is 0 Å². The smallest absolute Gasteiger partial charge is 0.0796 e. The van der Waals surface area contributed by atoms with Gasteiger partial charge in [-0.2, -0.15) is 0 Å². The van der Waals surface area contributed by atoms with Crippen LogP contribution >= 0.6 is 0 Å². The maximum Gasteiger partial charge on any atom is 0.0796 e. The summed E-state index contributed by atoms with van der Waals surface area (Å²) in [5, 5.41) is 7.85. The average Bonchev–Trinajstić information content (AvgIpc) is 2.11. The molecule has 0 aromatic carbocycles. The highest BCUT2D eigenvalue weighted by molar-refractivity contribution is 4.89. The van der Waals surface area contributed by atoms with Crippen molar-refractivity contribution in [2.75, 3.05) is 0 Å². The van der Waals surface area contributed by atoms with Crippen LogP contribution < -0.4 is 0 Å². The zero-order valence-corrected chi connectivity index (χ0v) is 6.92. The molecule has 0 bridgehead atoms. The fourth-order valence-electron chi connectivity index (χ4n) is 0.675. The second-order valence-corrected chi connectivity index (χ2v) is 3.48. The minimum Gasteiger partial charge on any atom is -0.247 e. The van der Waals surface area contributed by atoms with Gasteiger partial charge in [0.25, 0.3) is 0 Å². The second-order valence-electron chi connectivity index (χ2n) is 3.48. The molecule has 1 heterocycles. The highest BCUT2D eigenvalue weighted by atomic mass is 15.4. The molecule has 1 aromatic rings. The summed E-state index contributed by atoms with van der Waals surface area (Å²) >= 11 is 0. The summed E-state index contributed by atoms with van der Waals surface area (Å²) in [4.78, 5) is 0. The Balaban J connectivity index is 2.96. The lowest BCUT2D eigenvalue weighted by molar-refractivity contribution is 0.347. The Bertz CT molecular complexity index is 219. The van der Waals surface area contributed by atoms with Gasteiger partial charge in [-0.1, -0.05) is 5.21 Å². The summed E-state index contributed by atoms with van der Waals surface area (Å²) in [6.07, 6.45) is 1.94. The summed E-state index contributed by atoms with van der Waals surface area (Å²) in [7, 11) is 0. The molecule has 0 radical (unpaired) electrons. The Kier molecular flexibility index (Phi) is 1.50. The van der Waals surface area contributed by atoms with Gasteiger partial charge in [-0.15, -0.1) is 5.10 Å². The Labute approximate surface area is 61.1 Å². The number of aryl methyl sites for hydroxylation is 1. The van der Waals surface area contributed by atoms with Crippen LogP contribution in [0.5, 0.6) is 0 Å². The zero-order valence-electron chi connectivity index (χ0n) is 6.92. The minimum atomic E-state index is 0.0568. The van der Waals surface area contributed by atoms with Gasteiger partial charge in [0.05, 0.1) is 11.2 Å². The molecule has 0 N–H and O–H groups in total. The maximum absolute atomic E-state index is 3.95. The Morgan fingerprint density at radius 1 is 1.40 bits per heavy atom. The van der Waals surface area contributed by atoms with Gasteiger partial charge < -0.3 is 0 Å². The summed E-state index contributed by atoms with van der Waals surface area (Å²) in [5.41, 5.74) is 1.02. The standard InChI is InChI=1S/C7H13N3/c1-6-5-10(9-8-6)7(2,3)4/h5H,1-4H3. The third-order valence-electron chi connectivity index (χ3n) is 1.30. The van der Waals surface area contributed by atoms with Crippen molar-refractivity contribution in [1.29, 1.82) is 0 Å². The third kappa shape index (κ3) is 1.35. The van der Waals surface area contributed by atoms with Crippen molar-refractivity contribution < 1.29 is 0 Å². The van der Waals surface area contributed by atoms with Crippen LogP contribution in [0, 0.1) is 6.92 Å². The molecular formula is C7H13N3. The van der Waals surface area contributed by atoms with E-state index in [9.17, 15) is 0 Å². The molecule has 10 heavy (non-hydrogen) atoms. The van der Waals surface area contributed by atoms with Crippen LogP contribution in [0.1, 0.15) is 26.5 Å². The summed E-state index contributed by atoms with van der Waals surface area (Å²) < 4.78 is 1.86. The number of hydrogen-bond acceptors (Lipinski definition) is 2. The van der Waals surface area contributed by atoms with E-state index in [0.29, 0.717) is 0 Å². The second kappa shape index (κ2) is 2.08. The van der Waals surface area contributed by atoms with Crippen molar-refractivity contribution in [2.24, 2.45) is 0 Å². The first-order valence-corrected chi connectivity index (χ1v) is 3.39. The van der Waals surface area contributed by atoms with Crippen molar-refractivity contribution in [3.63, 3.8) is 0 Å². The average molecular weight is 139 g/mol. The number of aromatic nitrogens is 3. The molecule has 0 fully saturated rings. The van der Waals surface area contributed by atoms with E-state index >= 15 is 0 Å². The van der Waals surface area contributed by atoms with E-state index < -0.39 is 0 Å². The van der Waals surface area contributed by atoms with Gasteiger partial charge in [-0.3, -0.25) is 0 Å². The third-order valence-corrected chi connectivity index (χ3v) is 1.30. The summed E-state index contributed by atoms with van der Waals surface area (Å²) in [6.45, 7) is 8.23. The Morgan fingerprint density at radius 2 is 2.00 bits per heavy atom. The predicted molar refractivity (Wildman–Crippen MR) is 39.8 cm³/mol. The molecule has 0 amide bonds. The van der Waals surface area contributed by atoms with Crippen LogP contribution in [0.15, 0.2) is 6.20 Å². The van der Waals surface area contributed by atoms with Crippen molar-refractivity contribution in [2.45, 2.75) is 33.2 Å². The van der Waals surface area contributed by atoms with Gasteiger partial charge in [0.1, 0.15) is 0 Å². The fourth-order valence-corrected chi connectivity index (χ4v) is 0.675. The van der Waals surface area contributed by atoms with E-state index in [4.69, 9.17) is 0 Å². The van der Waals surface area contributed by atoms with Gasteiger partial charge >= 0.3 is 0 Å². The molecule has 0 saturated carbocycles. The van der Waals surface area contributed by atoms with Crippen LogP contribution in [0.4, 0.5) is 0 Å². The molecule has 56 valence electrons. The van der Waals surface area contributed by atoms with E-state index in [0.717, 1.165) is 5.69 Å². The predicted octanol–water partition coefficient (Wildman–Crippen LogP) is 1.34. The largest absolute Gasteiger partial charge is 0.247 e. The minimum absolute atomic E-state index is 0.0568. The van der Waals surface area contributed by atoms with Crippen molar-refractivity contribution in [3.05, 3.63) is 11.9 Å². The van der Waals surface area contributed by atoms with Crippen LogP contribution in [-0.2, 0) is 5.54 Å². The lowest BCUT2D eigenvalue weighted by Crippen LogP contribution is -2.22. The number of rotatable bonds is 0. The lowest BCUT2D eigenvalue weighted by Gasteiger charge is -2.17. The van der Waals surface area contributed by atoms with Crippen LogP contribution in [0.25, 0.3) is 0 Å². The summed E-state index contributed by atoms with van der Waals surface area (Å²) in [6, 6.07) is 0. The van der Waals surface area contributed by atoms with Gasteiger partial charge in [-0.05, 0) is 27.7 Å². The summed E-state index contributed by atoms with van der Waals surface area (Å²) in [5.74, 6) is 0. The van der Waals surface area contributed by atoms with E-state index in [1.807, 2.05) is 17.8 Å². The van der Waals surface area contributed by atoms with Gasteiger partial charge in [-0.25, -0.2) is 4.68 Å². The van der Waals surface area contributed by atoms with Crippen molar-refractivity contribution in [3.8, 4) is 0 Å². The lowest BCUT2D eigenvalue weighted by atomic mass is 10.1. The Hall–Kier alpha value is -0.860. The number of nitrogens with zero attached hydrogens (tertiary/aromatic N) is 3. The van der Waals surface area contributed by atoms with Crippen molar-refractivity contribution in [1.82, 2.24) is 15.0 Å². The number of hydrogen-bond donors (Lipinski definition) is 0. The highest BCUT2D eigenvalue weighted by Gasteiger charge is 2.13. The van der Waals surface area contributed by atoms with Crippen LogP contribution in [0.3, 0.4) is 0 Å². The van der Waals surface area contributed by atoms with Gasteiger partial charge in [0, 0.05) is 6.20 Å². The van der Waals surface area contributed by atoms with Gasteiger partial charge in [0.15, 0.2) is 0 Å². The van der Waals surface area contributed by atoms with E-state index in [-0.39, 0.29) is 5.54 Å². The molecule has 1 rings (SSSR count). The molecule has 0 aliphatic carbocycles. The molecule has 3 heteroatoms. The molecular weight excluding hydrogens is 126 g/mol. The Morgan fingerprint density at radius 3 is 2.20 bits per heavy atom. The monoisotopic (exact) mass is 139 g/mol. The molecule has 0 unspecified atom stereocenters. The maximum atomic E-state index is 3.95. The molecule has 3 nitrogen and oxygen atoms in total. The van der Waals surface area contributed by atoms with E-state index in [2.05, 4.69) is 31.1 Å². The van der Waals surface area contributed by atoms with Crippen LogP contribution in [0.2, 0.25) is 0 Å². The van der Waals surface area contributed by atoms with Crippen molar-refractivity contribution >= 4 is 0 Å². The van der Waals surface area contributed by atoms with E-state index in [1.165, 1.54) is 0 Å². The first kappa shape index (κ1) is 7.25. The molecule has 0 aliphatic heterocycles. The zero-order chi connectivity index (χ0) is 7.78. The first-order chi connectivity index (χ1) is 4.50. The topological polar surface area (TPSA) is 30.7 Å².